The van der Waals surface area contributed by atoms with Gasteiger partial charge in [0.25, 0.3) is 0 Å². The third kappa shape index (κ3) is 6.85. The van der Waals surface area contributed by atoms with E-state index in [4.69, 9.17) is 9.97 Å². The number of hydrogen-bond acceptors (Lipinski definition) is 3. The number of rotatable bonds is 4. The summed E-state index contributed by atoms with van der Waals surface area (Å²) in [4.78, 5) is 10.2. The molecule has 0 bridgehead atoms. The second-order valence-corrected chi connectivity index (χ2v) is 15.4. The Morgan fingerprint density at radius 1 is 0.617 bits per heavy atom. The molecule has 4 nitrogen and oxygen atoms in total. The first-order valence-electron chi connectivity index (χ1n) is 16.1. The smallest absolute Gasteiger partial charge is 0.148 e. The second kappa shape index (κ2) is 12.5. The van der Waals surface area contributed by atoms with Crippen molar-refractivity contribution in [1.29, 1.82) is 0 Å². The molecule has 0 amide bonds. The molecule has 0 saturated carbocycles. The molecule has 2 aromatic heterocycles. The SMILES string of the molecule is CC(C)(C)c1cc(-c2cc(C(C)(C)C)ccn2)[c-]c(-c2cc(C(C)(C)C)cc3c2nc(-c2ccccc2O)n3-c2ccccc2)c1.[Pt]. The molecule has 0 aliphatic carbocycles. The van der Waals surface area contributed by atoms with Gasteiger partial charge in [0.2, 0.25) is 0 Å². The maximum absolute atomic E-state index is 11.0. The maximum Gasteiger partial charge on any atom is 0.148 e. The van der Waals surface area contributed by atoms with Crippen molar-refractivity contribution in [1.82, 2.24) is 14.5 Å². The molecule has 0 unspecified atom stereocenters. The molecule has 0 saturated heterocycles. The molecule has 1 N–H and O–H groups in total. The molecule has 47 heavy (non-hydrogen) atoms. The van der Waals surface area contributed by atoms with E-state index in [-0.39, 0.29) is 43.1 Å². The van der Waals surface area contributed by atoms with Gasteiger partial charge in [-0.25, -0.2) is 4.98 Å². The first kappa shape index (κ1) is 34.3. The Balaban J connectivity index is 0.00000433. The standard InChI is InChI=1S/C42H44N3O.Pt/c1-40(2,3)29-19-20-43-35(25-29)28-21-27(22-30(23-28)41(4,5)6)34-24-31(42(7,8)9)26-36-38(34)44-39(33-17-13-14-18-37(33)46)45(36)32-15-11-10-12-16-32;/h10-20,22-26,46H,1-9H3;/q-1;. The van der Waals surface area contributed by atoms with Gasteiger partial charge in [-0.1, -0.05) is 116 Å². The van der Waals surface area contributed by atoms with E-state index in [9.17, 15) is 5.11 Å². The zero-order valence-electron chi connectivity index (χ0n) is 28.8. The molecule has 0 atom stereocenters. The second-order valence-electron chi connectivity index (χ2n) is 15.4. The van der Waals surface area contributed by atoms with Gasteiger partial charge in [0.05, 0.1) is 16.6 Å². The predicted octanol–water partition coefficient (Wildman–Crippen LogP) is 10.8. The van der Waals surface area contributed by atoms with Gasteiger partial charge >= 0.3 is 0 Å². The topological polar surface area (TPSA) is 50.9 Å². The molecule has 5 heteroatoms. The van der Waals surface area contributed by atoms with Crippen LogP contribution in [0.2, 0.25) is 0 Å². The van der Waals surface area contributed by atoms with Crippen molar-refractivity contribution in [2.75, 3.05) is 0 Å². The monoisotopic (exact) mass is 801 g/mol. The van der Waals surface area contributed by atoms with Crippen LogP contribution in [0.25, 0.3) is 50.5 Å². The van der Waals surface area contributed by atoms with Gasteiger partial charge in [-0.2, -0.15) is 0 Å². The fourth-order valence-electron chi connectivity index (χ4n) is 5.83. The van der Waals surface area contributed by atoms with Crippen LogP contribution >= 0.6 is 0 Å². The molecule has 4 aromatic carbocycles. The summed E-state index contributed by atoms with van der Waals surface area (Å²) in [5, 5.41) is 11.0. The van der Waals surface area contributed by atoms with Crippen LogP contribution in [0.1, 0.15) is 79.0 Å². The number of aromatic hydroxyl groups is 1. The van der Waals surface area contributed by atoms with Crippen molar-refractivity contribution in [3.8, 4) is 45.2 Å². The average Bonchev–Trinajstić information content (AvgIpc) is 3.39. The van der Waals surface area contributed by atoms with E-state index in [2.05, 4.69) is 121 Å². The van der Waals surface area contributed by atoms with Crippen molar-refractivity contribution in [2.24, 2.45) is 0 Å². The minimum atomic E-state index is -0.128. The average molecular weight is 802 g/mol. The third-order valence-corrected chi connectivity index (χ3v) is 8.71. The van der Waals surface area contributed by atoms with E-state index in [1.54, 1.807) is 6.07 Å². The summed E-state index contributed by atoms with van der Waals surface area (Å²) in [6, 6.07) is 34.8. The van der Waals surface area contributed by atoms with Crippen LogP contribution in [-0.4, -0.2) is 19.6 Å². The van der Waals surface area contributed by atoms with Crippen LogP contribution in [0, 0.1) is 6.07 Å². The summed E-state index contributed by atoms with van der Waals surface area (Å²) in [6.45, 7) is 20.2. The van der Waals surface area contributed by atoms with Crippen LogP contribution in [0.5, 0.6) is 5.75 Å². The van der Waals surface area contributed by atoms with Gasteiger partial charge in [-0.3, -0.25) is 9.55 Å². The predicted molar refractivity (Wildman–Crippen MR) is 192 cm³/mol. The minimum Gasteiger partial charge on any atom is -0.507 e. The van der Waals surface area contributed by atoms with Crippen molar-refractivity contribution < 1.29 is 26.2 Å². The van der Waals surface area contributed by atoms with Crippen molar-refractivity contribution in [2.45, 2.75) is 78.6 Å². The normalized spacial score (nSPS) is 12.3. The molecule has 0 spiro atoms. The Morgan fingerprint density at radius 3 is 1.85 bits per heavy atom. The van der Waals surface area contributed by atoms with Gasteiger partial charge in [0.1, 0.15) is 11.6 Å². The maximum atomic E-state index is 11.0. The van der Waals surface area contributed by atoms with Gasteiger partial charge in [0.15, 0.2) is 0 Å². The van der Waals surface area contributed by atoms with Crippen LogP contribution in [-0.2, 0) is 37.3 Å². The number of phenols is 1. The van der Waals surface area contributed by atoms with E-state index in [0.717, 1.165) is 39.1 Å². The third-order valence-electron chi connectivity index (χ3n) is 8.71. The number of fused-ring (bicyclic) bond motifs is 1. The number of hydrogen-bond donors (Lipinski definition) is 1. The van der Waals surface area contributed by atoms with Crippen molar-refractivity contribution in [3.05, 3.63) is 120 Å². The molecule has 2 heterocycles. The summed E-state index contributed by atoms with van der Waals surface area (Å²) >= 11 is 0. The van der Waals surface area contributed by atoms with E-state index in [1.807, 2.05) is 42.6 Å². The minimum absolute atomic E-state index is 0. The van der Waals surface area contributed by atoms with Gasteiger partial charge in [-0.15, -0.1) is 29.3 Å². The number of nitrogens with zero attached hydrogens (tertiary/aromatic N) is 3. The molecule has 6 aromatic rings. The Kier molecular flexibility index (Phi) is 9.16. The van der Waals surface area contributed by atoms with Gasteiger partial charge in [-0.05, 0) is 63.8 Å². The molecule has 0 aliphatic rings. The van der Waals surface area contributed by atoms with E-state index < -0.39 is 0 Å². The van der Waals surface area contributed by atoms with Gasteiger partial charge < -0.3 is 5.11 Å². The molecule has 0 radical (unpaired) electrons. The van der Waals surface area contributed by atoms with E-state index in [0.29, 0.717) is 11.4 Å². The number of para-hydroxylation sites is 2. The number of benzene rings is 4. The number of pyridine rings is 1. The molecular weight excluding hydrogens is 758 g/mol. The Hall–Kier alpha value is -4.01. The van der Waals surface area contributed by atoms with E-state index >= 15 is 0 Å². The Labute approximate surface area is 294 Å². The van der Waals surface area contributed by atoms with Crippen LogP contribution in [0.15, 0.2) is 97.2 Å². The zero-order valence-corrected chi connectivity index (χ0v) is 31.1. The van der Waals surface area contributed by atoms with Crippen LogP contribution in [0.3, 0.4) is 0 Å². The number of aromatic nitrogens is 3. The number of imidazole rings is 1. The Bertz CT molecular complexity index is 2060. The zero-order chi connectivity index (χ0) is 33.0. The Morgan fingerprint density at radius 2 is 1.21 bits per heavy atom. The first-order valence-corrected chi connectivity index (χ1v) is 16.1. The summed E-state index contributed by atoms with van der Waals surface area (Å²) in [5.41, 5.74) is 10.8. The molecule has 6 rings (SSSR count). The van der Waals surface area contributed by atoms with E-state index in [1.165, 1.54) is 16.7 Å². The summed E-state index contributed by atoms with van der Waals surface area (Å²) in [5.74, 6) is 0.888. The number of phenolic OH excluding ortho intramolecular Hbond substituents is 1. The summed E-state index contributed by atoms with van der Waals surface area (Å²) in [6.07, 6.45) is 1.91. The van der Waals surface area contributed by atoms with Crippen LogP contribution in [0.4, 0.5) is 0 Å². The quantitative estimate of drug-likeness (QED) is 0.181. The summed E-state index contributed by atoms with van der Waals surface area (Å²) in [7, 11) is 0. The largest absolute Gasteiger partial charge is 0.507 e. The molecule has 0 fully saturated rings. The van der Waals surface area contributed by atoms with Crippen molar-refractivity contribution >= 4 is 11.0 Å². The molecule has 0 aliphatic heterocycles. The molecular formula is C42H44N3OPt-. The summed E-state index contributed by atoms with van der Waals surface area (Å²) < 4.78 is 2.17. The van der Waals surface area contributed by atoms with Gasteiger partial charge in [0, 0.05) is 38.6 Å². The van der Waals surface area contributed by atoms with Crippen LogP contribution < -0.4 is 0 Å². The van der Waals surface area contributed by atoms with Crippen molar-refractivity contribution in [3.63, 3.8) is 0 Å². The fraction of sp³-hybridized carbons (Fsp3) is 0.286. The fourth-order valence-corrected chi connectivity index (χ4v) is 5.83. The molecule has 244 valence electrons. The first-order chi connectivity index (χ1) is 21.6.